The topological polar surface area (TPSA) is 57.7 Å². The number of carbonyl (C=O) groups is 3. The molecule has 0 atom stereocenters. The quantitative estimate of drug-likeness (QED) is 0.801. The van der Waals surface area contributed by atoms with Crippen LogP contribution in [-0.2, 0) is 11.2 Å². The molecule has 0 radical (unpaired) electrons. The number of fused-ring (bicyclic) bond motifs is 1. The smallest absolute Gasteiger partial charge is 0.261 e. The zero-order valence-electron chi connectivity index (χ0n) is 14.4. The maximum Gasteiger partial charge on any atom is 0.261 e. The van der Waals surface area contributed by atoms with Crippen molar-refractivity contribution in [2.45, 2.75) is 25.3 Å². The molecule has 0 aliphatic carbocycles. The Kier molecular flexibility index (Phi) is 4.29. The van der Waals surface area contributed by atoms with Crippen LogP contribution in [0, 0.1) is 0 Å². The van der Waals surface area contributed by atoms with E-state index in [2.05, 4.69) is 0 Å². The molecule has 1 saturated heterocycles. The molecule has 0 bridgehead atoms. The van der Waals surface area contributed by atoms with Crippen molar-refractivity contribution in [3.8, 4) is 0 Å². The van der Waals surface area contributed by atoms with E-state index in [-0.39, 0.29) is 23.8 Å². The first-order chi connectivity index (χ1) is 12.6. The highest BCUT2D eigenvalue weighted by atomic mass is 16.2. The van der Waals surface area contributed by atoms with Gasteiger partial charge in [-0.15, -0.1) is 0 Å². The summed E-state index contributed by atoms with van der Waals surface area (Å²) in [5, 5.41) is 0. The Morgan fingerprint density at radius 2 is 1.38 bits per heavy atom. The van der Waals surface area contributed by atoms with Gasteiger partial charge < -0.3 is 4.90 Å². The second-order valence-corrected chi connectivity index (χ2v) is 6.80. The Bertz CT molecular complexity index is 820. The van der Waals surface area contributed by atoms with Crippen LogP contribution in [0.4, 0.5) is 0 Å². The second kappa shape index (κ2) is 6.75. The van der Waals surface area contributed by atoms with Gasteiger partial charge in [-0.3, -0.25) is 19.3 Å². The largest absolute Gasteiger partial charge is 0.342 e. The van der Waals surface area contributed by atoms with Gasteiger partial charge in [-0.2, -0.15) is 0 Å². The van der Waals surface area contributed by atoms with Crippen molar-refractivity contribution in [1.82, 2.24) is 9.80 Å². The molecule has 2 aliphatic rings. The summed E-state index contributed by atoms with van der Waals surface area (Å²) in [5.74, 6) is -0.323. The van der Waals surface area contributed by atoms with E-state index < -0.39 is 0 Å². The predicted molar refractivity (Wildman–Crippen MR) is 96.7 cm³/mol. The minimum atomic E-state index is -0.209. The summed E-state index contributed by atoms with van der Waals surface area (Å²) >= 11 is 0. The highest BCUT2D eigenvalue weighted by Gasteiger charge is 2.40. The Labute approximate surface area is 152 Å². The SMILES string of the molecule is O=C(Cc1ccccc1)N1CCC(N2C(=O)c3ccccc3C2=O)CC1. The predicted octanol–water partition coefficient (Wildman–Crippen LogP) is 2.52. The van der Waals surface area contributed by atoms with Gasteiger partial charge in [-0.25, -0.2) is 0 Å². The standard InChI is InChI=1S/C21H20N2O3/c24-19(14-15-6-2-1-3-7-15)22-12-10-16(11-13-22)23-20(25)17-8-4-5-9-18(17)21(23)26/h1-9,16H,10-14H2. The van der Waals surface area contributed by atoms with Crippen molar-refractivity contribution >= 4 is 17.7 Å². The van der Waals surface area contributed by atoms with Crippen molar-refractivity contribution in [3.05, 3.63) is 71.3 Å². The minimum Gasteiger partial charge on any atom is -0.342 e. The number of imide groups is 1. The van der Waals surface area contributed by atoms with Crippen molar-refractivity contribution in [2.75, 3.05) is 13.1 Å². The molecular formula is C21H20N2O3. The van der Waals surface area contributed by atoms with E-state index in [0.717, 1.165) is 5.56 Å². The Morgan fingerprint density at radius 1 is 0.846 bits per heavy atom. The fraction of sp³-hybridized carbons (Fsp3) is 0.286. The minimum absolute atomic E-state index is 0.0945. The first-order valence-electron chi connectivity index (χ1n) is 8.94. The summed E-state index contributed by atoms with van der Waals surface area (Å²) in [5.41, 5.74) is 1.97. The van der Waals surface area contributed by atoms with Crippen LogP contribution in [-0.4, -0.2) is 46.7 Å². The van der Waals surface area contributed by atoms with Gasteiger partial charge in [-0.05, 0) is 30.5 Å². The van der Waals surface area contributed by atoms with Crippen molar-refractivity contribution in [2.24, 2.45) is 0 Å². The zero-order valence-corrected chi connectivity index (χ0v) is 14.4. The number of rotatable bonds is 3. The van der Waals surface area contributed by atoms with Gasteiger partial charge in [0.1, 0.15) is 0 Å². The van der Waals surface area contributed by atoms with Crippen molar-refractivity contribution in [1.29, 1.82) is 0 Å². The molecule has 3 amide bonds. The highest BCUT2D eigenvalue weighted by molar-refractivity contribution is 6.21. The molecule has 4 rings (SSSR count). The Hall–Kier alpha value is -2.95. The number of hydrogen-bond acceptors (Lipinski definition) is 3. The molecule has 0 saturated carbocycles. The van der Waals surface area contributed by atoms with Crippen LogP contribution >= 0.6 is 0 Å². The van der Waals surface area contributed by atoms with Crippen LogP contribution in [0.2, 0.25) is 0 Å². The van der Waals surface area contributed by atoms with Crippen LogP contribution in [0.15, 0.2) is 54.6 Å². The maximum atomic E-state index is 12.6. The number of piperidine rings is 1. The van der Waals surface area contributed by atoms with Crippen molar-refractivity contribution in [3.63, 3.8) is 0 Å². The molecule has 0 spiro atoms. The first-order valence-corrected chi connectivity index (χ1v) is 8.94. The molecule has 5 heteroatoms. The second-order valence-electron chi connectivity index (χ2n) is 6.80. The number of benzene rings is 2. The molecule has 2 aromatic rings. The van der Waals surface area contributed by atoms with Gasteiger partial charge in [0.15, 0.2) is 0 Å². The van der Waals surface area contributed by atoms with Gasteiger partial charge in [0.25, 0.3) is 11.8 Å². The monoisotopic (exact) mass is 348 g/mol. The molecule has 1 fully saturated rings. The van der Waals surface area contributed by atoms with Crippen LogP contribution < -0.4 is 0 Å². The van der Waals surface area contributed by atoms with Crippen LogP contribution in [0.1, 0.15) is 39.1 Å². The van der Waals surface area contributed by atoms with Gasteiger partial charge in [-0.1, -0.05) is 42.5 Å². The fourth-order valence-corrected chi connectivity index (χ4v) is 3.80. The van der Waals surface area contributed by atoms with Crippen LogP contribution in [0.3, 0.4) is 0 Å². The van der Waals surface area contributed by atoms with E-state index in [9.17, 15) is 14.4 Å². The number of nitrogens with zero attached hydrogens (tertiary/aromatic N) is 2. The van der Waals surface area contributed by atoms with E-state index in [1.165, 1.54) is 4.90 Å². The van der Waals surface area contributed by atoms with Crippen molar-refractivity contribution < 1.29 is 14.4 Å². The van der Waals surface area contributed by atoms with E-state index in [4.69, 9.17) is 0 Å². The number of carbonyl (C=O) groups excluding carboxylic acids is 3. The van der Waals surface area contributed by atoms with Crippen LogP contribution in [0.5, 0.6) is 0 Å². The number of hydrogen-bond donors (Lipinski definition) is 0. The number of amides is 3. The van der Waals surface area contributed by atoms with Gasteiger partial charge in [0.2, 0.25) is 5.91 Å². The van der Waals surface area contributed by atoms with E-state index in [1.807, 2.05) is 35.2 Å². The third kappa shape index (κ3) is 2.90. The van der Waals surface area contributed by atoms with E-state index >= 15 is 0 Å². The normalized spacial score (nSPS) is 17.5. The highest BCUT2D eigenvalue weighted by Crippen LogP contribution is 2.28. The molecular weight excluding hydrogens is 328 g/mol. The molecule has 26 heavy (non-hydrogen) atoms. The van der Waals surface area contributed by atoms with E-state index in [1.54, 1.807) is 24.3 Å². The molecule has 0 N–H and O–H groups in total. The average molecular weight is 348 g/mol. The lowest BCUT2D eigenvalue weighted by molar-refractivity contribution is -0.131. The van der Waals surface area contributed by atoms with Gasteiger partial charge in [0.05, 0.1) is 17.5 Å². The number of likely N-dealkylation sites (tertiary alicyclic amines) is 1. The van der Waals surface area contributed by atoms with Gasteiger partial charge >= 0.3 is 0 Å². The summed E-state index contributed by atoms with van der Waals surface area (Å²) in [6.07, 6.45) is 1.65. The lowest BCUT2D eigenvalue weighted by atomic mass is 10.0. The zero-order chi connectivity index (χ0) is 18.1. The van der Waals surface area contributed by atoms with E-state index in [0.29, 0.717) is 43.5 Å². The molecule has 132 valence electrons. The summed E-state index contributed by atoms with van der Waals surface area (Å²) in [4.78, 5) is 40.9. The lowest BCUT2D eigenvalue weighted by Gasteiger charge is -2.35. The molecule has 0 unspecified atom stereocenters. The molecule has 2 heterocycles. The Balaban J connectivity index is 1.39. The molecule has 2 aliphatic heterocycles. The summed E-state index contributed by atoms with van der Waals surface area (Å²) in [6, 6.07) is 16.5. The molecule has 0 aromatic heterocycles. The van der Waals surface area contributed by atoms with Gasteiger partial charge in [0, 0.05) is 19.1 Å². The summed E-state index contributed by atoms with van der Waals surface area (Å²) in [7, 11) is 0. The summed E-state index contributed by atoms with van der Waals surface area (Å²) in [6.45, 7) is 1.15. The Morgan fingerprint density at radius 3 is 1.96 bits per heavy atom. The van der Waals surface area contributed by atoms with Crippen LogP contribution in [0.25, 0.3) is 0 Å². The maximum absolute atomic E-state index is 12.6. The first kappa shape index (κ1) is 16.5. The molecule has 2 aromatic carbocycles. The third-order valence-electron chi connectivity index (χ3n) is 5.21. The fourth-order valence-electron chi connectivity index (χ4n) is 3.80. The summed E-state index contributed by atoms with van der Waals surface area (Å²) < 4.78 is 0. The average Bonchev–Trinajstić information content (AvgIpc) is 2.94. The lowest BCUT2D eigenvalue weighted by Crippen LogP contribution is -2.49. The molecule has 5 nitrogen and oxygen atoms in total. The third-order valence-corrected chi connectivity index (χ3v) is 5.21.